The normalized spacial score (nSPS) is 16.4. The van der Waals surface area contributed by atoms with Gasteiger partial charge < -0.3 is 10.7 Å². The van der Waals surface area contributed by atoms with Crippen molar-refractivity contribution in [2.24, 2.45) is 5.73 Å². The number of hydrogen-bond donors (Lipinski definition) is 2. The minimum absolute atomic E-state index is 0.290. The average molecular weight is 404 g/mol. The Morgan fingerprint density at radius 3 is 2.90 bits per heavy atom. The van der Waals surface area contributed by atoms with E-state index in [-0.39, 0.29) is 0 Å². The van der Waals surface area contributed by atoms with E-state index < -0.39 is 0 Å². The number of pyridine rings is 1. The maximum atomic E-state index is 5.99. The third kappa shape index (κ3) is 3.71. The lowest BCUT2D eigenvalue weighted by atomic mass is 9.90. The van der Waals surface area contributed by atoms with Crippen LogP contribution >= 0.6 is 11.3 Å². The van der Waals surface area contributed by atoms with Gasteiger partial charge in [-0.3, -0.25) is 9.88 Å². The van der Waals surface area contributed by atoms with E-state index in [1.807, 2.05) is 18.3 Å². The average Bonchev–Trinajstić information content (AvgIpc) is 3.38. The number of nitrogens with one attached hydrogen (secondary N) is 1. The van der Waals surface area contributed by atoms with E-state index in [4.69, 9.17) is 15.7 Å². The molecule has 3 heterocycles. The molecule has 1 aromatic carbocycles. The smallest absolute Gasteiger partial charge is 0.121 e. The lowest BCUT2D eigenvalue weighted by molar-refractivity contribution is 0.153. The molecule has 29 heavy (non-hydrogen) atoms. The second kappa shape index (κ2) is 8.06. The van der Waals surface area contributed by atoms with E-state index in [0.29, 0.717) is 12.6 Å². The Kier molecular flexibility index (Phi) is 5.14. The van der Waals surface area contributed by atoms with Gasteiger partial charge in [0.15, 0.2) is 0 Å². The highest BCUT2D eigenvalue weighted by Crippen LogP contribution is 2.35. The Balaban J connectivity index is 1.51. The third-order valence-corrected chi connectivity index (χ3v) is 6.67. The van der Waals surface area contributed by atoms with Crippen molar-refractivity contribution in [2.45, 2.75) is 44.9 Å². The Morgan fingerprint density at radius 2 is 2.00 bits per heavy atom. The number of rotatable bonds is 6. The third-order valence-electron chi connectivity index (χ3n) is 5.82. The molecule has 0 spiro atoms. The fraction of sp³-hybridized carbons (Fsp3) is 0.304. The van der Waals surface area contributed by atoms with E-state index >= 15 is 0 Å². The van der Waals surface area contributed by atoms with Gasteiger partial charge in [-0.15, -0.1) is 0 Å². The number of fused-ring (bicyclic) bond motifs is 2. The van der Waals surface area contributed by atoms with Crippen LogP contribution in [-0.2, 0) is 26.1 Å². The molecular weight excluding hydrogens is 378 g/mol. The molecule has 5 nitrogen and oxygen atoms in total. The minimum Gasteiger partial charge on any atom is -0.341 e. The summed E-state index contributed by atoms with van der Waals surface area (Å²) in [5.41, 5.74) is 13.2. The summed E-state index contributed by atoms with van der Waals surface area (Å²) in [4.78, 5) is 15.6. The summed E-state index contributed by atoms with van der Waals surface area (Å²) in [7, 11) is 0. The molecule has 6 heteroatoms. The van der Waals surface area contributed by atoms with Crippen LogP contribution in [0.2, 0.25) is 0 Å². The number of aromatic amines is 1. The number of benzene rings is 1. The summed E-state index contributed by atoms with van der Waals surface area (Å²) >= 11 is 1.73. The molecular formula is C23H25N5S. The number of nitrogens with two attached hydrogens (primary N) is 1. The largest absolute Gasteiger partial charge is 0.341 e. The summed E-state index contributed by atoms with van der Waals surface area (Å²) < 4.78 is 0. The van der Waals surface area contributed by atoms with Gasteiger partial charge in [0.25, 0.3) is 0 Å². The lowest BCUT2D eigenvalue weighted by Crippen LogP contribution is -2.32. The van der Waals surface area contributed by atoms with E-state index in [2.05, 4.69) is 44.9 Å². The van der Waals surface area contributed by atoms with Crippen molar-refractivity contribution in [2.75, 3.05) is 0 Å². The number of para-hydroxylation sites is 2. The van der Waals surface area contributed by atoms with Crippen LogP contribution in [0, 0.1) is 0 Å². The van der Waals surface area contributed by atoms with Crippen molar-refractivity contribution in [1.82, 2.24) is 19.9 Å². The molecule has 1 aliphatic carbocycles. The molecule has 0 aliphatic heterocycles. The van der Waals surface area contributed by atoms with Crippen LogP contribution < -0.4 is 5.73 Å². The molecule has 1 unspecified atom stereocenters. The van der Waals surface area contributed by atoms with E-state index in [0.717, 1.165) is 42.8 Å². The summed E-state index contributed by atoms with van der Waals surface area (Å²) in [6.45, 7) is 2.19. The molecule has 3 aromatic heterocycles. The standard InChI is InChI=1S/C23H25N5S/c24-11-17-14-29-15-18(17)12-28(13-22-26-19-7-1-2-8-20(19)27-22)21-9-3-5-16-6-4-10-25-23(16)21/h1-2,4,6-8,10,14-15,21H,3,5,9,11-13,24H2,(H,26,27). The Labute approximate surface area is 174 Å². The Bertz CT molecular complexity index is 1080. The van der Waals surface area contributed by atoms with Crippen LogP contribution in [0.15, 0.2) is 53.4 Å². The van der Waals surface area contributed by atoms with Crippen LogP contribution in [0.3, 0.4) is 0 Å². The molecule has 0 saturated carbocycles. The fourth-order valence-electron chi connectivity index (χ4n) is 4.38. The summed E-state index contributed by atoms with van der Waals surface area (Å²) in [6, 6.07) is 12.8. The van der Waals surface area contributed by atoms with Crippen molar-refractivity contribution >= 4 is 22.4 Å². The lowest BCUT2D eigenvalue weighted by Gasteiger charge is -2.34. The highest BCUT2D eigenvalue weighted by Gasteiger charge is 2.28. The van der Waals surface area contributed by atoms with Crippen LogP contribution in [0.5, 0.6) is 0 Å². The molecule has 3 N–H and O–H groups in total. The number of H-pyrrole nitrogens is 1. The molecule has 0 saturated heterocycles. The van der Waals surface area contributed by atoms with Gasteiger partial charge in [-0.05, 0) is 64.9 Å². The van der Waals surface area contributed by atoms with Crippen molar-refractivity contribution < 1.29 is 0 Å². The molecule has 0 fully saturated rings. The zero-order chi connectivity index (χ0) is 19.6. The number of aryl methyl sites for hydroxylation is 1. The predicted octanol–water partition coefficient (Wildman–Crippen LogP) is 4.56. The first-order valence-corrected chi connectivity index (χ1v) is 11.1. The molecule has 0 amide bonds. The second-order valence-corrected chi connectivity index (χ2v) is 8.43. The molecule has 148 valence electrons. The van der Waals surface area contributed by atoms with Crippen LogP contribution in [0.4, 0.5) is 0 Å². The van der Waals surface area contributed by atoms with Crippen LogP contribution in [0.25, 0.3) is 11.0 Å². The SMILES string of the molecule is NCc1cscc1CN(Cc1nc2ccccc2[nH]1)C1CCCc2cccnc21. The summed E-state index contributed by atoms with van der Waals surface area (Å²) in [5.74, 6) is 0.999. The first-order valence-electron chi connectivity index (χ1n) is 10.2. The zero-order valence-corrected chi connectivity index (χ0v) is 17.2. The second-order valence-electron chi connectivity index (χ2n) is 7.69. The van der Waals surface area contributed by atoms with Gasteiger partial charge in [0.2, 0.25) is 0 Å². The van der Waals surface area contributed by atoms with Gasteiger partial charge in [0.05, 0.1) is 29.3 Å². The highest BCUT2D eigenvalue weighted by atomic mass is 32.1. The first kappa shape index (κ1) is 18.5. The zero-order valence-electron chi connectivity index (χ0n) is 16.3. The van der Waals surface area contributed by atoms with Gasteiger partial charge in [0, 0.05) is 19.3 Å². The number of hydrogen-bond acceptors (Lipinski definition) is 5. The van der Waals surface area contributed by atoms with Crippen molar-refractivity contribution in [3.05, 3.63) is 81.6 Å². The fourth-order valence-corrected chi connectivity index (χ4v) is 5.25. The molecule has 0 bridgehead atoms. The number of aromatic nitrogens is 3. The molecule has 0 radical (unpaired) electrons. The molecule has 4 aromatic rings. The molecule has 1 atom stereocenters. The molecule has 1 aliphatic rings. The quantitative estimate of drug-likeness (QED) is 0.495. The van der Waals surface area contributed by atoms with Crippen LogP contribution in [0.1, 0.15) is 47.1 Å². The van der Waals surface area contributed by atoms with E-state index in [1.165, 1.54) is 28.8 Å². The predicted molar refractivity (Wildman–Crippen MR) is 117 cm³/mol. The summed E-state index contributed by atoms with van der Waals surface area (Å²) in [5, 5.41) is 4.40. The summed E-state index contributed by atoms with van der Waals surface area (Å²) in [6.07, 6.45) is 5.34. The van der Waals surface area contributed by atoms with Gasteiger partial charge in [-0.2, -0.15) is 11.3 Å². The maximum absolute atomic E-state index is 5.99. The number of imidazole rings is 1. The maximum Gasteiger partial charge on any atom is 0.121 e. The van der Waals surface area contributed by atoms with Crippen molar-refractivity contribution in [1.29, 1.82) is 0 Å². The number of nitrogens with zero attached hydrogens (tertiary/aromatic N) is 3. The Hall–Kier alpha value is -2.54. The Morgan fingerprint density at radius 1 is 1.10 bits per heavy atom. The van der Waals surface area contributed by atoms with E-state index in [1.54, 1.807) is 11.3 Å². The minimum atomic E-state index is 0.290. The monoisotopic (exact) mass is 403 g/mol. The van der Waals surface area contributed by atoms with Gasteiger partial charge in [0.1, 0.15) is 5.82 Å². The van der Waals surface area contributed by atoms with Gasteiger partial charge in [-0.1, -0.05) is 18.2 Å². The van der Waals surface area contributed by atoms with Crippen LogP contribution in [-0.4, -0.2) is 19.9 Å². The topological polar surface area (TPSA) is 70.8 Å². The van der Waals surface area contributed by atoms with Gasteiger partial charge in [-0.25, -0.2) is 4.98 Å². The van der Waals surface area contributed by atoms with Crippen molar-refractivity contribution in [3.63, 3.8) is 0 Å². The first-order chi connectivity index (χ1) is 14.3. The van der Waals surface area contributed by atoms with Gasteiger partial charge >= 0.3 is 0 Å². The number of thiophene rings is 1. The van der Waals surface area contributed by atoms with Crippen molar-refractivity contribution in [3.8, 4) is 0 Å². The highest BCUT2D eigenvalue weighted by molar-refractivity contribution is 7.08. The molecule has 5 rings (SSSR count). The van der Waals surface area contributed by atoms with E-state index in [9.17, 15) is 0 Å².